The van der Waals surface area contributed by atoms with Crippen molar-refractivity contribution >= 4 is 23.5 Å². The Hall–Kier alpha value is -3.93. The summed E-state index contributed by atoms with van der Waals surface area (Å²) < 4.78 is 5.06. The monoisotopic (exact) mass is 402 g/mol. The van der Waals surface area contributed by atoms with Crippen LogP contribution in [0.1, 0.15) is 15.9 Å². The van der Waals surface area contributed by atoms with E-state index in [1.54, 1.807) is 24.3 Å². The van der Waals surface area contributed by atoms with Gasteiger partial charge in [0.15, 0.2) is 6.61 Å². The molecular formula is C24H22N2O4. The lowest BCUT2D eigenvalue weighted by molar-refractivity contribution is -0.146. The van der Waals surface area contributed by atoms with Crippen molar-refractivity contribution in [1.29, 1.82) is 0 Å². The quantitative estimate of drug-likeness (QED) is 0.593. The van der Waals surface area contributed by atoms with Crippen LogP contribution in [0.5, 0.6) is 0 Å². The fourth-order valence-electron chi connectivity index (χ4n) is 2.89. The van der Waals surface area contributed by atoms with Crippen molar-refractivity contribution in [2.24, 2.45) is 0 Å². The second-order valence-corrected chi connectivity index (χ2v) is 6.61. The summed E-state index contributed by atoms with van der Waals surface area (Å²) in [6, 6.07) is 24.1. The summed E-state index contributed by atoms with van der Waals surface area (Å²) in [6.45, 7) is -0.398. The fraction of sp³-hybridized carbons (Fsp3) is 0.125. The molecule has 0 aliphatic carbocycles. The Balaban J connectivity index is 1.48. The highest BCUT2D eigenvalue weighted by molar-refractivity contribution is 5.97. The number of amides is 2. The molecule has 0 unspecified atom stereocenters. The van der Waals surface area contributed by atoms with Crippen LogP contribution in [0.2, 0.25) is 0 Å². The second-order valence-electron chi connectivity index (χ2n) is 6.61. The zero-order chi connectivity index (χ0) is 21.3. The predicted octanol–water partition coefficient (Wildman–Crippen LogP) is 3.44. The lowest BCUT2D eigenvalue weighted by Gasteiger charge is -2.08. The van der Waals surface area contributed by atoms with Crippen LogP contribution in [0.4, 0.5) is 5.69 Å². The van der Waals surface area contributed by atoms with Gasteiger partial charge in [0.1, 0.15) is 0 Å². The maximum Gasteiger partial charge on any atom is 0.310 e. The molecule has 0 aliphatic rings. The molecular weight excluding hydrogens is 380 g/mol. The number of carbonyl (C=O) groups is 3. The molecule has 0 heterocycles. The van der Waals surface area contributed by atoms with E-state index in [4.69, 9.17) is 4.74 Å². The molecule has 3 aromatic rings. The Bertz CT molecular complexity index is 1030. The third-order valence-electron chi connectivity index (χ3n) is 4.41. The highest BCUT2D eigenvalue weighted by atomic mass is 16.5. The van der Waals surface area contributed by atoms with Crippen LogP contribution in [0.3, 0.4) is 0 Å². The summed E-state index contributed by atoms with van der Waals surface area (Å²) in [5.41, 5.74) is 3.84. The molecule has 0 bridgehead atoms. The maximum absolute atomic E-state index is 12.1. The number of benzene rings is 3. The Morgan fingerprint density at radius 3 is 2.23 bits per heavy atom. The van der Waals surface area contributed by atoms with Gasteiger partial charge < -0.3 is 15.4 Å². The van der Waals surface area contributed by atoms with Crippen molar-refractivity contribution < 1.29 is 19.1 Å². The number of hydrogen-bond acceptors (Lipinski definition) is 4. The van der Waals surface area contributed by atoms with Gasteiger partial charge in [0.25, 0.3) is 11.8 Å². The molecule has 0 atom stereocenters. The number of esters is 1. The standard InChI is InChI=1S/C24H22N2O4/c1-25-24(29)20-8-5-9-21(15-20)26-22(27)16-30-23(28)14-17-10-12-19(13-11-17)18-6-3-2-4-7-18/h2-13,15H,14,16H2,1H3,(H,25,29)(H,26,27). The lowest BCUT2D eigenvalue weighted by atomic mass is 10.0. The summed E-state index contributed by atoms with van der Waals surface area (Å²) in [5.74, 6) is -1.22. The third kappa shape index (κ3) is 5.78. The van der Waals surface area contributed by atoms with Crippen LogP contribution in [-0.4, -0.2) is 31.4 Å². The van der Waals surface area contributed by atoms with Gasteiger partial charge in [-0.1, -0.05) is 60.7 Å². The molecule has 2 N–H and O–H groups in total. The third-order valence-corrected chi connectivity index (χ3v) is 4.41. The van der Waals surface area contributed by atoms with E-state index in [0.717, 1.165) is 16.7 Å². The van der Waals surface area contributed by atoms with E-state index >= 15 is 0 Å². The number of nitrogens with one attached hydrogen (secondary N) is 2. The minimum absolute atomic E-state index is 0.0779. The maximum atomic E-state index is 12.1. The molecule has 0 aliphatic heterocycles. The molecule has 0 radical (unpaired) electrons. The van der Waals surface area contributed by atoms with Gasteiger partial charge in [0, 0.05) is 18.3 Å². The molecule has 0 aromatic heterocycles. The first kappa shape index (κ1) is 20.8. The number of rotatable bonds is 7. The molecule has 3 aromatic carbocycles. The van der Waals surface area contributed by atoms with Crippen LogP contribution in [0, 0.1) is 0 Å². The molecule has 0 fully saturated rings. The van der Waals surface area contributed by atoms with Crippen LogP contribution in [-0.2, 0) is 20.7 Å². The minimum Gasteiger partial charge on any atom is -0.455 e. The zero-order valence-corrected chi connectivity index (χ0v) is 16.6. The van der Waals surface area contributed by atoms with Gasteiger partial charge in [-0.2, -0.15) is 0 Å². The molecule has 30 heavy (non-hydrogen) atoms. The number of ether oxygens (including phenoxy) is 1. The first-order valence-corrected chi connectivity index (χ1v) is 9.47. The largest absolute Gasteiger partial charge is 0.455 e. The van der Waals surface area contributed by atoms with Crippen molar-refractivity contribution in [3.8, 4) is 11.1 Å². The average molecular weight is 402 g/mol. The fourth-order valence-corrected chi connectivity index (χ4v) is 2.89. The molecule has 0 saturated carbocycles. The van der Waals surface area contributed by atoms with E-state index in [1.165, 1.54) is 7.05 Å². The molecule has 6 heteroatoms. The van der Waals surface area contributed by atoms with Gasteiger partial charge in [0.05, 0.1) is 6.42 Å². The van der Waals surface area contributed by atoms with Gasteiger partial charge in [-0.3, -0.25) is 14.4 Å². The highest BCUT2D eigenvalue weighted by Crippen LogP contribution is 2.19. The van der Waals surface area contributed by atoms with Gasteiger partial charge in [0.2, 0.25) is 0 Å². The Morgan fingerprint density at radius 1 is 0.833 bits per heavy atom. The van der Waals surface area contributed by atoms with Crippen molar-refractivity contribution in [1.82, 2.24) is 5.32 Å². The molecule has 3 rings (SSSR count). The molecule has 6 nitrogen and oxygen atoms in total. The topological polar surface area (TPSA) is 84.5 Å². The molecule has 2 amide bonds. The molecule has 0 saturated heterocycles. The van der Waals surface area contributed by atoms with E-state index in [9.17, 15) is 14.4 Å². The molecule has 0 spiro atoms. The number of hydrogen-bond donors (Lipinski definition) is 2. The average Bonchev–Trinajstić information content (AvgIpc) is 2.78. The van der Waals surface area contributed by atoms with Gasteiger partial charge in [-0.05, 0) is 34.9 Å². The summed E-state index contributed by atoms with van der Waals surface area (Å²) in [5, 5.41) is 5.13. The smallest absolute Gasteiger partial charge is 0.310 e. The first-order chi connectivity index (χ1) is 14.5. The number of anilines is 1. The van der Waals surface area contributed by atoms with Crippen molar-refractivity contribution in [3.05, 3.63) is 90.0 Å². The Labute approximate surface area is 174 Å². The van der Waals surface area contributed by atoms with Crippen LogP contribution in [0.25, 0.3) is 11.1 Å². The SMILES string of the molecule is CNC(=O)c1cccc(NC(=O)COC(=O)Cc2ccc(-c3ccccc3)cc2)c1. The minimum atomic E-state index is -0.489. The van der Waals surface area contributed by atoms with E-state index < -0.39 is 18.5 Å². The summed E-state index contributed by atoms with van der Waals surface area (Å²) in [4.78, 5) is 35.7. The molecule has 152 valence electrons. The van der Waals surface area contributed by atoms with Crippen molar-refractivity contribution in [3.63, 3.8) is 0 Å². The Morgan fingerprint density at radius 2 is 1.53 bits per heavy atom. The van der Waals surface area contributed by atoms with Gasteiger partial charge in [-0.25, -0.2) is 0 Å². The lowest BCUT2D eigenvalue weighted by Crippen LogP contribution is -2.22. The normalized spacial score (nSPS) is 10.2. The summed E-state index contributed by atoms with van der Waals surface area (Å²) in [7, 11) is 1.53. The van der Waals surface area contributed by atoms with E-state index in [2.05, 4.69) is 10.6 Å². The summed E-state index contributed by atoms with van der Waals surface area (Å²) in [6.07, 6.45) is 0.0779. The predicted molar refractivity (Wildman–Crippen MR) is 115 cm³/mol. The van der Waals surface area contributed by atoms with Crippen molar-refractivity contribution in [2.45, 2.75) is 6.42 Å². The number of carbonyl (C=O) groups excluding carboxylic acids is 3. The van der Waals surface area contributed by atoms with Crippen LogP contribution < -0.4 is 10.6 Å². The van der Waals surface area contributed by atoms with E-state index in [1.807, 2.05) is 54.6 Å². The highest BCUT2D eigenvalue weighted by Gasteiger charge is 2.10. The Kier molecular flexibility index (Phi) is 6.95. The first-order valence-electron chi connectivity index (χ1n) is 9.47. The van der Waals surface area contributed by atoms with Crippen LogP contribution >= 0.6 is 0 Å². The van der Waals surface area contributed by atoms with E-state index in [-0.39, 0.29) is 12.3 Å². The van der Waals surface area contributed by atoms with Gasteiger partial charge >= 0.3 is 5.97 Å². The van der Waals surface area contributed by atoms with Crippen LogP contribution in [0.15, 0.2) is 78.9 Å². The zero-order valence-electron chi connectivity index (χ0n) is 16.6. The van der Waals surface area contributed by atoms with E-state index in [0.29, 0.717) is 11.3 Å². The summed E-state index contributed by atoms with van der Waals surface area (Å²) >= 11 is 0. The second kappa shape index (κ2) is 10.0. The van der Waals surface area contributed by atoms with Crippen molar-refractivity contribution in [2.75, 3.05) is 19.0 Å². The van der Waals surface area contributed by atoms with Gasteiger partial charge in [-0.15, -0.1) is 0 Å².